The summed E-state index contributed by atoms with van der Waals surface area (Å²) in [6.07, 6.45) is 1.38. The molecule has 1 amide bonds. The van der Waals surface area contributed by atoms with Gasteiger partial charge in [0.05, 0.1) is 11.5 Å². The lowest BCUT2D eigenvalue weighted by atomic mass is 9.95. The zero-order valence-electron chi connectivity index (χ0n) is 13.5. The highest BCUT2D eigenvalue weighted by atomic mass is 16.6. The fraction of sp³-hybridized carbons (Fsp3) is 0.714. The molecular weight excluding hydrogens is 288 g/mol. The number of amides is 1. The van der Waals surface area contributed by atoms with Crippen molar-refractivity contribution in [1.82, 2.24) is 15.1 Å². The summed E-state index contributed by atoms with van der Waals surface area (Å²) >= 11 is 0. The molecule has 0 bridgehead atoms. The molecule has 0 aliphatic heterocycles. The molecular formula is C14H24N4O4. The Balaban J connectivity index is 2.69. The van der Waals surface area contributed by atoms with Crippen LogP contribution in [0.2, 0.25) is 0 Å². The van der Waals surface area contributed by atoms with Gasteiger partial charge in [-0.1, -0.05) is 6.92 Å². The fourth-order valence-electron chi connectivity index (χ4n) is 2.35. The van der Waals surface area contributed by atoms with Crippen LogP contribution >= 0.6 is 0 Å². The van der Waals surface area contributed by atoms with Crippen molar-refractivity contribution in [1.29, 1.82) is 0 Å². The second kappa shape index (κ2) is 7.35. The van der Waals surface area contributed by atoms with Gasteiger partial charge in [-0.15, -0.1) is 0 Å². The summed E-state index contributed by atoms with van der Waals surface area (Å²) in [6, 6.07) is 0. The summed E-state index contributed by atoms with van der Waals surface area (Å²) in [4.78, 5) is 22.5. The molecule has 0 spiro atoms. The topological polar surface area (TPSA) is 110 Å². The molecule has 1 aromatic rings. The molecule has 0 aliphatic carbocycles. The van der Waals surface area contributed by atoms with E-state index in [-0.39, 0.29) is 31.2 Å². The molecule has 0 aromatic carbocycles. The summed E-state index contributed by atoms with van der Waals surface area (Å²) in [7, 11) is 0. The zero-order valence-corrected chi connectivity index (χ0v) is 13.5. The van der Waals surface area contributed by atoms with E-state index < -0.39 is 10.5 Å². The van der Waals surface area contributed by atoms with Gasteiger partial charge in [-0.2, -0.15) is 5.10 Å². The minimum Gasteiger partial charge on any atom is -0.396 e. The fourth-order valence-corrected chi connectivity index (χ4v) is 2.35. The van der Waals surface area contributed by atoms with E-state index in [2.05, 4.69) is 10.4 Å². The summed E-state index contributed by atoms with van der Waals surface area (Å²) in [5, 5.41) is 27.0. The van der Waals surface area contributed by atoms with Crippen molar-refractivity contribution >= 4 is 11.6 Å². The minimum atomic E-state index is -0.455. The second-order valence-corrected chi connectivity index (χ2v) is 5.69. The summed E-state index contributed by atoms with van der Waals surface area (Å²) in [5.74, 6) is -0.159. The molecule has 1 atom stereocenters. The molecule has 1 aromatic heterocycles. The third-order valence-electron chi connectivity index (χ3n) is 3.96. The van der Waals surface area contributed by atoms with E-state index in [1.54, 1.807) is 13.8 Å². The van der Waals surface area contributed by atoms with Gasteiger partial charge < -0.3 is 10.4 Å². The van der Waals surface area contributed by atoms with Crippen LogP contribution in [-0.4, -0.2) is 37.9 Å². The van der Waals surface area contributed by atoms with Crippen molar-refractivity contribution in [3.05, 3.63) is 21.5 Å². The highest BCUT2D eigenvalue weighted by Crippen LogP contribution is 2.22. The third-order valence-corrected chi connectivity index (χ3v) is 3.96. The molecule has 1 unspecified atom stereocenters. The Bertz CT molecular complexity index is 555. The van der Waals surface area contributed by atoms with Crippen molar-refractivity contribution in [3.8, 4) is 0 Å². The summed E-state index contributed by atoms with van der Waals surface area (Å²) < 4.78 is 1.49. The predicted molar refractivity (Wildman–Crippen MR) is 81.5 cm³/mol. The largest absolute Gasteiger partial charge is 0.396 e. The van der Waals surface area contributed by atoms with Gasteiger partial charge in [0.25, 0.3) is 0 Å². The van der Waals surface area contributed by atoms with E-state index in [0.29, 0.717) is 24.2 Å². The molecule has 1 heterocycles. The number of carbonyl (C=O) groups is 1. The van der Waals surface area contributed by atoms with Crippen LogP contribution in [0.1, 0.15) is 44.5 Å². The third kappa shape index (κ3) is 4.27. The number of nitrogens with zero attached hydrogens (tertiary/aromatic N) is 3. The van der Waals surface area contributed by atoms with E-state index in [9.17, 15) is 14.9 Å². The number of carbonyl (C=O) groups excluding carboxylic acids is 1. The molecule has 8 nitrogen and oxygen atoms in total. The van der Waals surface area contributed by atoms with Crippen LogP contribution in [0.5, 0.6) is 0 Å². The maximum Gasteiger partial charge on any atom is 0.312 e. The number of aryl methyl sites for hydroxylation is 2. The quantitative estimate of drug-likeness (QED) is 0.558. The van der Waals surface area contributed by atoms with Gasteiger partial charge in [0.15, 0.2) is 0 Å². The van der Waals surface area contributed by atoms with Gasteiger partial charge in [0.2, 0.25) is 5.91 Å². The van der Waals surface area contributed by atoms with Gasteiger partial charge in [-0.3, -0.25) is 19.6 Å². The minimum absolute atomic E-state index is 0.000847. The molecule has 2 N–H and O–H groups in total. The molecule has 0 saturated heterocycles. The van der Waals surface area contributed by atoms with Gasteiger partial charge >= 0.3 is 5.69 Å². The molecule has 1 rings (SSSR count). The normalized spacial score (nSPS) is 13.7. The SMILES string of the molecule is CCC(C)(CCO)NC(=O)CCn1nc(C)c([N+](=O)[O-])c1C. The van der Waals surface area contributed by atoms with Crippen molar-refractivity contribution < 1.29 is 14.8 Å². The Hall–Kier alpha value is -1.96. The molecule has 0 fully saturated rings. The monoisotopic (exact) mass is 312 g/mol. The number of aromatic nitrogens is 2. The van der Waals surface area contributed by atoms with Crippen LogP contribution in [0.3, 0.4) is 0 Å². The summed E-state index contributed by atoms with van der Waals surface area (Å²) in [6.45, 7) is 7.32. The second-order valence-electron chi connectivity index (χ2n) is 5.69. The molecule has 124 valence electrons. The number of aliphatic hydroxyl groups excluding tert-OH is 1. The highest BCUT2D eigenvalue weighted by molar-refractivity contribution is 5.76. The van der Waals surface area contributed by atoms with E-state index in [0.717, 1.165) is 0 Å². The average molecular weight is 312 g/mol. The number of nitrogens with one attached hydrogen (secondary N) is 1. The van der Waals surface area contributed by atoms with Gasteiger partial charge in [-0.05, 0) is 33.6 Å². The lowest BCUT2D eigenvalue weighted by molar-refractivity contribution is -0.386. The lowest BCUT2D eigenvalue weighted by Gasteiger charge is -2.29. The number of hydrogen-bond donors (Lipinski definition) is 2. The van der Waals surface area contributed by atoms with Crippen LogP contribution in [0.15, 0.2) is 0 Å². The number of nitro groups is 1. The van der Waals surface area contributed by atoms with Gasteiger partial charge in [0, 0.05) is 18.6 Å². The number of aliphatic hydroxyl groups is 1. The van der Waals surface area contributed by atoms with E-state index >= 15 is 0 Å². The van der Waals surface area contributed by atoms with Gasteiger partial charge in [-0.25, -0.2) is 0 Å². The number of rotatable bonds is 8. The predicted octanol–water partition coefficient (Wildman–Crippen LogP) is 1.47. The van der Waals surface area contributed by atoms with E-state index in [1.807, 2.05) is 13.8 Å². The average Bonchev–Trinajstić information content (AvgIpc) is 2.71. The van der Waals surface area contributed by atoms with Crippen molar-refractivity contribution in [2.45, 2.75) is 59.0 Å². The molecule has 0 radical (unpaired) electrons. The van der Waals surface area contributed by atoms with Crippen LogP contribution < -0.4 is 5.32 Å². The Morgan fingerprint density at radius 3 is 2.59 bits per heavy atom. The van der Waals surface area contributed by atoms with Crippen LogP contribution in [-0.2, 0) is 11.3 Å². The van der Waals surface area contributed by atoms with E-state index in [1.165, 1.54) is 4.68 Å². The highest BCUT2D eigenvalue weighted by Gasteiger charge is 2.25. The first kappa shape index (κ1) is 18.1. The van der Waals surface area contributed by atoms with E-state index in [4.69, 9.17) is 5.11 Å². The van der Waals surface area contributed by atoms with Crippen molar-refractivity contribution in [2.75, 3.05) is 6.61 Å². The first-order chi connectivity index (χ1) is 10.2. The Kier molecular flexibility index (Phi) is 6.04. The van der Waals surface area contributed by atoms with Crippen LogP contribution in [0.4, 0.5) is 5.69 Å². The van der Waals surface area contributed by atoms with Crippen molar-refractivity contribution in [2.24, 2.45) is 0 Å². The Morgan fingerprint density at radius 1 is 1.50 bits per heavy atom. The maximum absolute atomic E-state index is 12.0. The maximum atomic E-state index is 12.0. The lowest BCUT2D eigenvalue weighted by Crippen LogP contribution is -2.46. The number of hydrogen-bond acceptors (Lipinski definition) is 5. The smallest absolute Gasteiger partial charge is 0.312 e. The summed E-state index contributed by atoms with van der Waals surface area (Å²) in [5.41, 5.74) is 0.358. The van der Waals surface area contributed by atoms with Gasteiger partial charge in [0.1, 0.15) is 11.4 Å². The molecule has 0 saturated carbocycles. The zero-order chi connectivity index (χ0) is 16.9. The molecule has 22 heavy (non-hydrogen) atoms. The Labute approximate surface area is 129 Å². The molecule has 0 aliphatic rings. The first-order valence-corrected chi connectivity index (χ1v) is 7.34. The standard InChI is InChI=1S/C14H24N4O4/c1-5-14(4,7-9-19)15-12(20)6-8-17-11(3)13(18(21)22)10(2)16-17/h19H,5-9H2,1-4H3,(H,15,20). The Morgan fingerprint density at radius 2 is 2.14 bits per heavy atom. The molecule has 8 heteroatoms. The van der Waals surface area contributed by atoms with Crippen LogP contribution in [0, 0.1) is 24.0 Å². The van der Waals surface area contributed by atoms with Crippen LogP contribution in [0.25, 0.3) is 0 Å². The van der Waals surface area contributed by atoms with Crippen molar-refractivity contribution in [3.63, 3.8) is 0 Å². The first-order valence-electron chi connectivity index (χ1n) is 7.34.